The van der Waals surface area contributed by atoms with E-state index in [9.17, 15) is 4.79 Å². The van der Waals surface area contributed by atoms with E-state index in [0.29, 0.717) is 32.6 Å². The number of fused-ring (bicyclic) bond motifs is 1. The molecule has 3 rings (SSSR count). The number of carbonyl (C=O) groups excluding carboxylic acids is 1. The second kappa shape index (κ2) is 9.65. The number of carbonyl (C=O) groups is 1. The SMILES string of the molecule is Cc1nc2c(c(C)nn2C)c(C)c1CCC(=O)NCCCOCc1ccccc1. The predicted octanol–water partition coefficient (Wildman–Crippen LogP) is 3.55. The largest absolute Gasteiger partial charge is 0.377 e. The smallest absolute Gasteiger partial charge is 0.220 e. The lowest BCUT2D eigenvalue weighted by molar-refractivity contribution is -0.121. The van der Waals surface area contributed by atoms with Gasteiger partial charge in [-0.05, 0) is 50.3 Å². The molecule has 0 aliphatic carbocycles. The molecule has 0 bridgehead atoms. The molecule has 6 nitrogen and oxygen atoms in total. The normalized spacial score (nSPS) is 11.2. The molecule has 0 spiro atoms. The Morgan fingerprint density at radius 1 is 1.14 bits per heavy atom. The first-order valence-corrected chi connectivity index (χ1v) is 10.1. The molecule has 1 aromatic carbocycles. The van der Waals surface area contributed by atoms with E-state index < -0.39 is 0 Å². The van der Waals surface area contributed by atoms with Gasteiger partial charge in [-0.3, -0.25) is 9.48 Å². The van der Waals surface area contributed by atoms with Gasteiger partial charge >= 0.3 is 0 Å². The van der Waals surface area contributed by atoms with Crippen molar-refractivity contribution in [3.63, 3.8) is 0 Å². The molecule has 0 atom stereocenters. The molecule has 3 aromatic rings. The average Bonchev–Trinajstić information content (AvgIpc) is 2.98. The van der Waals surface area contributed by atoms with E-state index >= 15 is 0 Å². The second-order valence-corrected chi connectivity index (χ2v) is 7.45. The predicted molar refractivity (Wildman–Crippen MR) is 115 cm³/mol. The summed E-state index contributed by atoms with van der Waals surface area (Å²) in [7, 11) is 1.91. The van der Waals surface area contributed by atoms with Crippen molar-refractivity contribution in [2.24, 2.45) is 7.05 Å². The summed E-state index contributed by atoms with van der Waals surface area (Å²) in [6.45, 7) is 7.98. The first kappa shape index (κ1) is 21.0. The number of amides is 1. The van der Waals surface area contributed by atoms with E-state index in [4.69, 9.17) is 9.72 Å². The van der Waals surface area contributed by atoms with Crippen molar-refractivity contribution in [3.8, 4) is 0 Å². The zero-order valence-electron chi connectivity index (χ0n) is 17.8. The third-order valence-electron chi connectivity index (χ3n) is 5.23. The van der Waals surface area contributed by atoms with Crippen molar-refractivity contribution < 1.29 is 9.53 Å². The minimum Gasteiger partial charge on any atom is -0.377 e. The molecule has 0 saturated heterocycles. The fourth-order valence-corrected chi connectivity index (χ4v) is 3.72. The Kier molecular flexibility index (Phi) is 6.99. The van der Waals surface area contributed by atoms with Crippen LogP contribution in [0.5, 0.6) is 0 Å². The average molecular weight is 395 g/mol. The van der Waals surface area contributed by atoms with E-state index in [-0.39, 0.29) is 5.91 Å². The van der Waals surface area contributed by atoms with Crippen molar-refractivity contribution in [1.29, 1.82) is 0 Å². The van der Waals surface area contributed by atoms with Crippen LogP contribution in [-0.4, -0.2) is 33.8 Å². The van der Waals surface area contributed by atoms with Gasteiger partial charge in [0.05, 0.1) is 12.3 Å². The zero-order chi connectivity index (χ0) is 20.8. The second-order valence-electron chi connectivity index (χ2n) is 7.45. The van der Waals surface area contributed by atoms with E-state index in [1.165, 1.54) is 5.56 Å². The maximum Gasteiger partial charge on any atom is 0.220 e. The monoisotopic (exact) mass is 394 g/mol. The molecule has 0 unspecified atom stereocenters. The topological polar surface area (TPSA) is 69.0 Å². The highest BCUT2D eigenvalue weighted by molar-refractivity contribution is 5.84. The number of hydrogen-bond donors (Lipinski definition) is 1. The molecule has 1 amide bonds. The molecule has 6 heteroatoms. The number of nitrogens with zero attached hydrogens (tertiary/aromatic N) is 3. The van der Waals surface area contributed by atoms with Gasteiger partial charge < -0.3 is 10.1 Å². The van der Waals surface area contributed by atoms with Gasteiger partial charge in [0.2, 0.25) is 5.91 Å². The quantitative estimate of drug-likeness (QED) is 0.564. The number of aromatic nitrogens is 3. The number of hydrogen-bond acceptors (Lipinski definition) is 4. The van der Waals surface area contributed by atoms with Gasteiger partial charge in [0.15, 0.2) is 5.65 Å². The van der Waals surface area contributed by atoms with Crippen molar-refractivity contribution in [2.45, 2.75) is 46.6 Å². The summed E-state index contributed by atoms with van der Waals surface area (Å²) in [6.07, 6.45) is 1.95. The maximum absolute atomic E-state index is 12.2. The number of pyridine rings is 1. The molecule has 1 N–H and O–H groups in total. The Morgan fingerprint density at radius 2 is 1.90 bits per heavy atom. The van der Waals surface area contributed by atoms with E-state index in [0.717, 1.165) is 40.0 Å². The lowest BCUT2D eigenvalue weighted by Gasteiger charge is -2.11. The van der Waals surface area contributed by atoms with Crippen LogP contribution in [0.4, 0.5) is 0 Å². The highest BCUT2D eigenvalue weighted by atomic mass is 16.5. The molecule has 29 heavy (non-hydrogen) atoms. The summed E-state index contributed by atoms with van der Waals surface area (Å²) >= 11 is 0. The number of aryl methyl sites for hydroxylation is 4. The number of benzene rings is 1. The van der Waals surface area contributed by atoms with Crippen LogP contribution in [0.15, 0.2) is 30.3 Å². The molecule has 2 aromatic heterocycles. The van der Waals surface area contributed by atoms with Crippen LogP contribution in [-0.2, 0) is 29.6 Å². The highest BCUT2D eigenvalue weighted by Gasteiger charge is 2.16. The highest BCUT2D eigenvalue weighted by Crippen LogP contribution is 2.25. The summed E-state index contributed by atoms with van der Waals surface area (Å²) in [5.41, 5.74) is 6.35. The fraction of sp³-hybridized carbons (Fsp3) is 0.435. The number of rotatable bonds is 9. The Labute approximate surface area is 172 Å². The van der Waals surface area contributed by atoms with Crippen LogP contribution in [0.3, 0.4) is 0 Å². The van der Waals surface area contributed by atoms with Crippen LogP contribution in [0.1, 0.15) is 40.9 Å². The Bertz CT molecular complexity index is 980. The molecule has 0 aliphatic heterocycles. The zero-order valence-corrected chi connectivity index (χ0v) is 17.8. The van der Waals surface area contributed by atoms with Crippen LogP contribution in [0, 0.1) is 20.8 Å². The van der Waals surface area contributed by atoms with E-state index in [2.05, 4.69) is 17.3 Å². The van der Waals surface area contributed by atoms with Gasteiger partial charge in [-0.25, -0.2) is 4.98 Å². The van der Waals surface area contributed by atoms with Crippen LogP contribution in [0.2, 0.25) is 0 Å². The summed E-state index contributed by atoms with van der Waals surface area (Å²) < 4.78 is 7.47. The summed E-state index contributed by atoms with van der Waals surface area (Å²) in [5, 5.41) is 8.56. The van der Waals surface area contributed by atoms with Crippen molar-refractivity contribution in [1.82, 2.24) is 20.1 Å². The molecular formula is C23H30N4O2. The van der Waals surface area contributed by atoms with E-state index in [1.807, 2.05) is 55.9 Å². The van der Waals surface area contributed by atoms with Crippen molar-refractivity contribution >= 4 is 16.9 Å². The first-order chi connectivity index (χ1) is 14.0. The van der Waals surface area contributed by atoms with Gasteiger partial charge in [-0.2, -0.15) is 5.10 Å². The van der Waals surface area contributed by atoms with Crippen LogP contribution >= 0.6 is 0 Å². The molecule has 0 radical (unpaired) electrons. The maximum atomic E-state index is 12.2. The van der Waals surface area contributed by atoms with Crippen molar-refractivity contribution in [3.05, 3.63) is 58.4 Å². The van der Waals surface area contributed by atoms with Gasteiger partial charge in [0.25, 0.3) is 0 Å². The Balaban J connectivity index is 1.43. The summed E-state index contributed by atoms with van der Waals surface area (Å²) in [6, 6.07) is 10.1. The Hall–Kier alpha value is -2.73. The fourth-order valence-electron chi connectivity index (χ4n) is 3.72. The minimum absolute atomic E-state index is 0.0647. The Morgan fingerprint density at radius 3 is 2.66 bits per heavy atom. The summed E-state index contributed by atoms with van der Waals surface area (Å²) in [5.74, 6) is 0.0647. The van der Waals surface area contributed by atoms with Gasteiger partial charge in [0.1, 0.15) is 0 Å². The molecule has 2 heterocycles. The standard InChI is InChI=1S/C23H30N4O2/c1-16-20(17(2)25-23-22(16)18(3)26-27(23)4)11-12-21(28)24-13-8-14-29-15-19-9-6-5-7-10-19/h5-7,9-10H,8,11-15H2,1-4H3,(H,24,28). The molecule has 0 saturated carbocycles. The molecular weight excluding hydrogens is 364 g/mol. The molecule has 154 valence electrons. The number of nitrogens with one attached hydrogen (secondary N) is 1. The minimum atomic E-state index is 0.0647. The number of ether oxygens (including phenoxy) is 1. The van der Waals surface area contributed by atoms with Gasteiger partial charge in [-0.1, -0.05) is 30.3 Å². The van der Waals surface area contributed by atoms with Gasteiger partial charge in [0, 0.05) is 37.7 Å². The van der Waals surface area contributed by atoms with E-state index in [1.54, 1.807) is 0 Å². The van der Waals surface area contributed by atoms with Gasteiger partial charge in [-0.15, -0.1) is 0 Å². The summed E-state index contributed by atoms with van der Waals surface area (Å²) in [4.78, 5) is 16.9. The lowest BCUT2D eigenvalue weighted by atomic mass is 9.99. The van der Waals surface area contributed by atoms with Crippen LogP contribution in [0.25, 0.3) is 11.0 Å². The molecule has 0 aliphatic rings. The van der Waals surface area contributed by atoms with Crippen LogP contribution < -0.4 is 5.32 Å². The first-order valence-electron chi connectivity index (χ1n) is 10.1. The van der Waals surface area contributed by atoms with Crippen molar-refractivity contribution in [2.75, 3.05) is 13.2 Å². The molecule has 0 fully saturated rings. The third kappa shape index (κ3) is 5.21. The lowest BCUT2D eigenvalue weighted by Crippen LogP contribution is -2.25. The third-order valence-corrected chi connectivity index (χ3v) is 5.23.